The van der Waals surface area contributed by atoms with E-state index in [1.165, 1.54) is 71.2 Å². The normalized spacial score (nSPS) is 12.7. The number of nitrogens with zero attached hydrogens (tertiary/aromatic N) is 5. The summed E-state index contributed by atoms with van der Waals surface area (Å²) in [7, 11) is 0. The van der Waals surface area contributed by atoms with E-state index in [4.69, 9.17) is 0 Å². The first-order valence-electron chi connectivity index (χ1n) is 40.2. The molecule has 0 radical (unpaired) electrons. The summed E-state index contributed by atoms with van der Waals surface area (Å²) in [6, 6.07) is 140. The molecule has 0 N–H and O–H groups in total. The highest BCUT2D eigenvalue weighted by Crippen LogP contribution is 2.55. The topological polar surface area (TPSA) is 19.6 Å². The maximum Gasteiger partial charge on any atom is 0.252 e. The van der Waals surface area contributed by atoms with E-state index in [1.54, 1.807) is 0 Å². The standard InChI is InChI=1S/C108H88BN5/c1-106(2,3)79-60-77(61-80(66-79)107(4,5)6)78-64-102-104-103(65-78)114(105-92(73-37-19-12-20-38-73)67-81(108(7,8)9)68-93(105)74-39-21-13-22-40-74)101-69-85(110(82-41-23-14-24-42-82)83-51-53-84(54-52-83)111-96-47-29-25-43-88(96)89-44-26-30-48-97(89)111)55-57-95(101)109(104)94-58-56-86(112-98-49-31-27-45-90(98)91-46-28-32-50-99(91)112)70-100(94)113(102)87-62-75(71-33-15-10-16-34-71)59-76(63-87)72-35-17-11-18-36-72/h10-70H,1-9H3. The average Bonchev–Trinajstić information content (AvgIpc) is 0.902. The van der Waals surface area contributed by atoms with Gasteiger partial charge in [0.1, 0.15) is 0 Å². The molecular weight excluding hydrogens is 1380 g/mol. The van der Waals surface area contributed by atoms with Gasteiger partial charge in [0.15, 0.2) is 0 Å². The van der Waals surface area contributed by atoms with Crippen LogP contribution >= 0.6 is 0 Å². The van der Waals surface area contributed by atoms with Gasteiger partial charge in [0, 0.05) is 89.5 Å². The molecule has 2 aliphatic rings. The number of hydrogen-bond donors (Lipinski definition) is 0. The van der Waals surface area contributed by atoms with Crippen LogP contribution in [0.3, 0.4) is 0 Å². The average molecular weight is 1470 g/mol. The lowest BCUT2D eigenvalue weighted by molar-refractivity contribution is 0.569. The summed E-state index contributed by atoms with van der Waals surface area (Å²) >= 11 is 0. The quantitative estimate of drug-likeness (QED) is 0.114. The van der Waals surface area contributed by atoms with Crippen LogP contribution in [0.1, 0.15) is 79.0 Å². The lowest BCUT2D eigenvalue weighted by Crippen LogP contribution is -2.61. The lowest BCUT2D eigenvalue weighted by atomic mass is 9.33. The number of benzene rings is 16. The van der Waals surface area contributed by atoms with E-state index in [0.29, 0.717) is 0 Å². The lowest BCUT2D eigenvalue weighted by Gasteiger charge is -2.46. The van der Waals surface area contributed by atoms with Gasteiger partial charge in [-0.15, -0.1) is 0 Å². The molecule has 18 aromatic rings. The molecule has 0 saturated carbocycles. The van der Waals surface area contributed by atoms with Crippen LogP contribution in [-0.2, 0) is 16.2 Å². The van der Waals surface area contributed by atoms with Gasteiger partial charge >= 0.3 is 0 Å². The molecule has 5 nitrogen and oxygen atoms in total. The van der Waals surface area contributed by atoms with Crippen LogP contribution in [0.15, 0.2) is 370 Å². The molecule has 2 aromatic heterocycles. The van der Waals surface area contributed by atoms with Gasteiger partial charge in [-0.2, -0.15) is 0 Å². The molecule has 0 atom stereocenters. The predicted octanol–water partition coefficient (Wildman–Crippen LogP) is 27.7. The third-order valence-corrected chi connectivity index (χ3v) is 23.9. The summed E-state index contributed by atoms with van der Waals surface area (Å²) in [6.07, 6.45) is 0. The number of aromatic nitrogens is 2. The molecule has 0 unspecified atom stereocenters. The van der Waals surface area contributed by atoms with Crippen molar-refractivity contribution >= 4 is 118 Å². The molecule has 114 heavy (non-hydrogen) atoms. The largest absolute Gasteiger partial charge is 0.311 e. The number of fused-ring (bicyclic) bond motifs is 10. The highest BCUT2D eigenvalue weighted by Gasteiger charge is 2.46. The first kappa shape index (κ1) is 69.8. The van der Waals surface area contributed by atoms with Gasteiger partial charge in [-0.1, -0.05) is 305 Å². The Morgan fingerprint density at radius 3 is 1.05 bits per heavy atom. The van der Waals surface area contributed by atoms with Crippen LogP contribution in [0.25, 0.3) is 111 Å². The number of rotatable bonds is 12. The summed E-state index contributed by atoms with van der Waals surface area (Å²) < 4.78 is 4.91. The molecule has 6 heteroatoms. The van der Waals surface area contributed by atoms with Gasteiger partial charge in [-0.25, -0.2) is 0 Å². The van der Waals surface area contributed by atoms with Gasteiger partial charge < -0.3 is 23.8 Å². The van der Waals surface area contributed by atoms with E-state index >= 15 is 0 Å². The van der Waals surface area contributed by atoms with Gasteiger partial charge in [0.2, 0.25) is 0 Å². The zero-order valence-electron chi connectivity index (χ0n) is 66.0. The number of hydrogen-bond acceptors (Lipinski definition) is 3. The Morgan fingerprint density at radius 2 is 0.588 bits per heavy atom. The Balaban J connectivity index is 0.938. The summed E-state index contributed by atoms with van der Waals surface area (Å²) in [5.41, 5.74) is 34.9. The molecule has 0 spiro atoms. The molecular formula is C108H88BN5. The molecule has 548 valence electrons. The molecule has 0 bridgehead atoms. The second kappa shape index (κ2) is 27.2. The number of para-hydroxylation sites is 5. The van der Waals surface area contributed by atoms with Crippen LogP contribution in [0.2, 0.25) is 0 Å². The smallest absolute Gasteiger partial charge is 0.252 e. The Hall–Kier alpha value is -13.4. The predicted molar refractivity (Wildman–Crippen MR) is 487 cm³/mol. The van der Waals surface area contributed by atoms with Gasteiger partial charge in [-0.3, -0.25) is 0 Å². The zero-order valence-corrected chi connectivity index (χ0v) is 66.0. The van der Waals surface area contributed by atoms with Crippen molar-refractivity contribution < 1.29 is 0 Å². The molecule has 0 saturated heterocycles. The van der Waals surface area contributed by atoms with Crippen molar-refractivity contribution in [2.24, 2.45) is 0 Å². The Morgan fingerprint density at radius 1 is 0.237 bits per heavy atom. The van der Waals surface area contributed by atoms with Crippen molar-refractivity contribution in [3.8, 4) is 67.0 Å². The minimum Gasteiger partial charge on any atom is -0.311 e. The van der Waals surface area contributed by atoms with E-state index in [2.05, 4.69) is 456 Å². The van der Waals surface area contributed by atoms with Crippen molar-refractivity contribution in [2.45, 2.75) is 78.6 Å². The first-order chi connectivity index (χ1) is 55.4. The molecule has 2 aliphatic heterocycles. The minimum atomic E-state index is -0.287. The molecule has 0 aliphatic carbocycles. The fourth-order valence-corrected chi connectivity index (χ4v) is 18.1. The monoisotopic (exact) mass is 1470 g/mol. The van der Waals surface area contributed by atoms with E-state index in [1.807, 2.05) is 0 Å². The molecule has 4 heterocycles. The maximum atomic E-state index is 2.73. The Kier molecular flexibility index (Phi) is 16.7. The summed E-state index contributed by atoms with van der Waals surface area (Å²) in [5.74, 6) is 0. The summed E-state index contributed by atoms with van der Waals surface area (Å²) in [5, 5.41) is 4.92. The highest BCUT2D eigenvalue weighted by molar-refractivity contribution is 7.00. The van der Waals surface area contributed by atoms with E-state index in [0.717, 1.165) is 124 Å². The Labute approximate surface area is 669 Å². The summed E-state index contributed by atoms with van der Waals surface area (Å²) in [4.78, 5) is 7.86. The van der Waals surface area contributed by atoms with Crippen molar-refractivity contribution in [2.75, 3.05) is 14.7 Å². The fraction of sp³-hybridized carbons (Fsp3) is 0.111. The van der Waals surface area contributed by atoms with Crippen LogP contribution in [0.4, 0.5) is 51.2 Å². The van der Waals surface area contributed by atoms with Crippen LogP contribution in [0, 0.1) is 0 Å². The van der Waals surface area contributed by atoms with E-state index in [9.17, 15) is 0 Å². The second-order valence-corrected chi connectivity index (χ2v) is 34.1. The van der Waals surface area contributed by atoms with Crippen molar-refractivity contribution in [1.82, 2.24) is 9.13 Å². The second-order valence-electron chi connectivity index (χ2n) is 34.1. The third-order valence-electron chi connectivity index (χ3n) is 23.9. The third kappa shape index (κ3) is 11.9. The van der Waals surface area contributed by atoms with Crippen molar-refractivity contribution in [1.29, 1.82) is 0 Å². The van der Waals surface area contributed by atoms with Gasteiger partial charge in [-0.05, 0) is 221 Å². The SMILES string of the molecule is CC(C)(C)c1cc(-c2cc3c4c(c2)N(c2c(-c5ccccc5)cc(C(C)(C)C)cc2-c2ccccc2)c2cc(N(c5ccccc5)c5ccc(-n6c7ccccc7c7ccccc76)cc5)ccc2B4c2ccc(-n4c5ccccc5c5ccccc54)cc2N3c2cc(-c3ccccc3)cc(-c3ccccc3)c2)cc(C(C)(C)C)c1. The Bertz CT molecular complexity index is 6520. The highest BCUT2D eigenvalue weighted by atomic mass is 15.2. The van der Waals surface area contributed by atoms with E-state index in [-0.39, 0.29) is 23.0 Å². The van der Waals surface area contributed by atoms with E-state index < -0.39 is 0 Å². The van der Waals surface area contributed by atoms with Crippen molar-refractivity contribution in [3.63, 3.8) is 0 Å². The van der Waals surface area contributed by atoms with Crippen LogP contribution in [0.5, 0.6) is 0 Å². The fourth-order valence-electron chi connectivity index (χ4n) is 18.1. The van der Waals surface area contributed by atoms with Crippen LogP contribution in [-0.4, -0.2) is 15.8 Å². The van der Waals surface area contributed by atoms with Gasteiger partial charge in [0.05, 0.1) is 27.8 Å². The molecule has 0 fully saturated rings. The maximum absolute atomic E-state index is 2.73. The molecule has 20 rings (SSSR count). The molecule has 16 aromatic carbocycles. The van der Waals surface area contributed by atoms with Crippen molar-refractivity contribution in [3.05, 3.63) is 387 Å². The van der Waals surface area contributed by atoms with Crippen LogP contribution < -0.4 is 31.1 Å². The minimum absolute atomic E-state index is 0.176. The van der Waals surface area contributed by atoms with Gasteiger partial charge in [0.25, 0.3) is 6.71 Å². The summed E-state index contributed by atoms with van der Waals surface area (Å²) in [6.45, 7) is 21.0. The number of anilines is 9. The molecule has 0 amide bonds. The zero-order chi connectivity index (χ0) is 77.3. The first-order valence-corrected chi connectivity index (χ1v) is 40.2.